The van der Waals surface area contributed by atoms with Gasteiger partial charge in [0.25, 0.3) is 5.56 Å². The lowest BCUT2D eigenvalue weighted by molar-refractivity contribution is 0.682. The van der Waals surface area contributed by atoms with Crippen molar-refractivity contribution in [1.29, 1.82) is 0 Å². The second-order valence-electron chi connectivity index (χ2n) is 5.90. The maximum atomic E-state index is 11.9. The SMILES string of the molecule is CC(Nc1cnn(C)c(=O)c1Br)c1ccc2c(c1)CCCC2. The maximum Gasteiger partial charge on any atom is 0.282 e. The van der Waals surface area contributed by atoms with Crippen LogP contribution in [0.5, 0.6) is 0 Å². The molecule has 4 nitrogen and oxygen atoms in total. The second-order valence-corrected chi connectivity index (χ2v) is 6.70. The van der Waals surface area contributed by atoms with Crippen LogP contribution in [0.1, 0.15) is 42.5 Å². The van der Waals surface area contributed by atoms with E-state index in [1.54, 1.807) is 13.2 Å². The first-order chi connectivity index (χ1) is 10.6. The molecule has 0 saturated heterocycles. The third-order valence-corrected chi connectivity index (χ3v) is 5.09. The number of aromatic nitrogens is 2. The normalized spacial score (nSPS) is 15.2. The summed E-state index contributed by atoms with van der Waals surface area (Å²) in [5, 5.41) is 7.45. The van der Waals surface area contributed by atoms with Gasteiger partial charge in [0.15, 0.2) is 0 Å². The number of halogens is 1. The Bertz CT molecular complexity index is 754. The van der Waals surface area contributed by atoms with Crippen molar-refractivity contribution in [1.82, 2.24) is 9.78 Å². The fraction of sp³-hybridized carbons (Fsp3) is 0.412. The molecule has 1 unspecified atom stereocenters. The summed E-state index contributed by atoms with van der Waals surface area (Å²) in [6.45, 7) is 2.11. The molecule has 0 aliphatic heterocycles. The number of fused-ring (bicyclic) bond motifs is 1. The molecule has 1 heterocycles. The fourth-order valence-electron chi connectivity index (χ4n) is 2.95. The zero-order chi connectivity index (χ0) is 15.7. The largest absolute Gasteiger partial charge is 0.376 e. The summed E-state index contributed by atoms with van der Waals surface area (Å²) >= 11 is 3.36. The summed E-state index contributed by atoms with van der Waals surface area (Å²) < 4.78 is 1.84. The number of nitrogens with one attached hydrogen (secondary N) is 1. The van der Waals surface area contributed by atoms with Gasteiger partial charge in [0.1, 0.15) is 4.47 Å². The van der Waals surface area contributed by atoms with Gasteiger partial charge in [-0.05, 0) is 65.2 Å². The van der Waals surface area contributed by atoms with E-state index in [9.17, 15) is 4.79 Å². The molecule has 5 heteroatoms. The molecule has 0 radical (unpaired) electrons. The third kappa shape index (κ3) is 2.95. The van der Waals surface area contributed by atoms with E-state index in [0.717, 1.165) is 5.69 Å². The van der Waals surface area contributed by atoms with E-state index in [4.69, 9.17) is 0 Å². The number of aryl methyl sites for hydroxylation is 3. The van der Waals surface area contributed by atoms with E-state index in [0.29, 0.717) is 4.47 Å². The summed E-state index contributed by atoms with van der Waals surface area (Å²) in [5.74, 6) is 0. The molecular formula is C17H20BrN3O. The molecule has 0 saturated carbocycles. The summed E-state index contributed by atoms with van der Waals surface area (Å²) in [6, 6.07) is 6.86. The van der Waals surface area contributed by atoms with Crippen molar-refractivity contribution < 1.29 is 0 Å². The highest BCUT2D eigenvalue weighted by Gasteiger charge is 2.14. The van der Waals surface area contributed by atoms with E-state index in [1.165, 1.54) is 47.1 Å². The Labute approximate surface area is 138 Å². The molecule has 1 aromatic heterocycles. The van der Waals surface area contributed by atoms with Crippen molar-refractivity contribution in [2.24, 2.45) is 7.05 Å². The Morgan fingerprint density at radius 3 is 2.77 bits per heavy atom. The monoisotopic (exact) mass is 361 g/mol. The highest BCUT2D eigenvalue weighted by Crippen LogP contribution is 2.27. The predicted octanol–water partition coefficient (Wildman–Crippen LogP) is 3.59. The first-order valence-corrected chi connectivity index (χ1v) is 8.45. The highest BCUT2D eigenvalue weighted by molar-refractivity contribution is 9.10. The number of benzene rings is 1. The van der Waals surface area contributed by atoms with Gasteiger partial charge in [-0.2, -0.15) is 5.10 Å². The minimum absolute atomic E-state index is 0.123. The Morgan fingerprint density at radius 2 is 2.00 bits per heavy atom. The van der Waals surface area contributed by atoms with Gasteiger partial charge in [-0.15, -0.1) is 0 Å². The zero-order valence-electron chi connectivity index (χ0n) is 12.9. The lowest BCUT2D eigenvalue weighted by Gasteiger charge is -2.21. The Balaban J connectivity index is 1.84. The van der Waals surface area contributed by atoms with Crippen molar-refractivity contribution in [2.75, 3.05) is 5.32 Å². The molecule has 0 amide bonds. The predicted molar refractivity (Wildman–Crippen MR) is 92.3 cm³/mol. The lowest BCUT2D eigenvalue weighted by atomic mass is 9.89. The van der Waals surface area contributed by atoms with Gasteiger partial charge in [0.2, 0.25) is 0 Å². The lowest BCUT2D eigenvalue weighted by Crippen LogP contribution is -2.22. The fourth-order valence-corrected chi connectivity index (χ4v) is 3.42. The van der Waals surface area contributed by atoms with Gasteiger partial charge in [-0.25, -0.2) is 4.68 Å². The molecule has 22 heavy (non-hydrogen) atoms. The molecule has 1 atom stereocenters. The van der Waals surface area contributed by atoms with Crippen LogP contribution >= 0.6 is 15.9 Å². The van der Waals surface area contributed by atoms with Crippen molar-refractivity contribution in [2.45, 2.75) is 38.6 Å². The smallest absolute Gasteiger partial charge is 0.282 e. The van der Waals surface area contributed by atoms with Crippen LogP contribution in [0.2, 0.25) is 0 Å². The number of anilines is 1. The molecule has 1 aliphatic carbocycles. The Hall–Kier alpha value is -1.62. The van der Waals surface area contributed by atoms with Gasteiger partial charge < -0.3 is 5.32 Å². The van der Waals surface area contributed by atoms with Gasteiger partial charge in [0.05, 0.1) is 11.9 Å². The Morgan fingerprint density at radius 1 is 1.27 bits per heavy atom. The molecule has 2 aromatic rings. The number of nitrogens with zero attached hydrogens (tertiary/aromatic N) is 2. The standard InChI is InChI=1S/C17H20BrN3O/c1-11(20-15-10-19-21(2)17(22)16(15)18)13-8-7-12-5-3-4-6-14(12)9-13/h7-11,20H,3-6H2,1-2H3. The van der Waals surface area contributed by atoms with Crippen molar-refractivity contribution in [3.8, 4) is 0 Å². The van der Waals surface area contributed by atoms with Crippen molar-refractivity contribution >= 4 is 21.6 Å². The quantitative estimate of drug-likeness (QED) is 0.908. The molecular weight excluding hydrogens is 342 g/mol. The molecule has 0 bridgehead atoms. The van der Waals surface area contributed by atoms with Crippen molar-refractivity contribution in [3.05, 3.63) is 55.9 Å². The van der Waals surface area contributed by atoms with Crippen LogP contribution in [-0.2, 0) is 19.9 Å². The molecule has 116 valence electrons. The van der Waals surface area contributed by atoms with Crippen LogP contribution in [0, 0.1) is 0 Å². The molecule has 0 fully saturated rings. The van der Waals surface area contributed by atoms with Gasteiger partial charge in [-0.1, -0.05) is 18.2 Å². The van der Waals surface area contributed by atoms with E-state index < -0.39 is 0 Å². The summed E-state index contributed by atoms with van der Waals surface area (Å²) in [5.41, 5.74) is 4.79. The minimum Gasteiger partial charge on any atom is -0.376 e. The Kier molecular flexibility index (Phi) is 4.34. The molecule has 0 spiro atoms. The van der Waals surface area contributed by atoms with Gasteiger partial charge >= 0.3 is 0 Å². The third-order valence-electron chi connectivity index (χ3n) is 4.32. The zero-order valence-corrected chi connectivity index (χ0v) is 14.5. The van der Waals surface area contributed by atoms with Crippen molar-refractivity contribution in [3.63, 3.8) is 0 Å². The number of rotatable bonds is 3. The van der Waals surface area contributed by atoms with E-state index in [-0.39, 0.29) is 11.6 Å². The molecule has 1 aromatic carbocycles. The van der Waals surface area contributed by atoms with Crippen LogP contribution in [0.15, 0.2) is 33.7 Å². The van der Waals surface area contributed by atoms with Crippen LogP contribution in [0.4, 0.5) is 5.69 Å². The second kappa shape index (κ2) is 6.24. The highest BCUT2D eigenvalue weighted by atomic mass is 79.9. The topological polar surface area (TPSA) is 46.9 Å². The maximum absolute atomic E-state index is 11.9. The minimum atomic E-state index is -0.136. The van der Waals surface area contributed by atoms with Gasteiger partial charge in [0, 0.05) is 13.1 Å². The van der Waals surface area contributed by atoms with Crippen LogP contribution in [0.25, 0.3) is 0 Å². The van der Waals surface area contributed by atoms with Gasteiger partial charge in [-0.3, -0.25) is 4.79 Å². The first kappa shape index (κ1) is 15.3. The summed E-state index contributed by atoms with van der Waals surface area (Å²) in [7, 11) is 1.64. The summed E-state index contributed by atoms with van der Waals surface area (Å²) in [6.07, 6.45) is 6.63. The van der Waals surface area contributed by atoms with E-state index in [2.05, 4.69) is 51.5 Å². The van der Waals surface area contributed by atoms with E-state index >= 15 is 0 Å². The first-order valence-electron chi connectivity index (χ1n) is 7.66. The number of hydrogen-bond donors (Lipinski definition) is 1. The van der Waals surface area contributed by atoms with Crippen LogP contribution in [-0.4, -0.2) is 9.78 Å². The molecule has 1 aliphatic rings. The van der Waals surface area contributed by atoms with Crippen LogP contribution in [0.3, 0.4) is 0 Å². The van der Waals surface area contributed by atoms with Crippen LogP contribution < -0.4 is 10.9 Å². The average Bonchev–Trinajstić information content (AvgIpc) is 2.55. The molecule has 1 N–H and O–H groups in total. The average molecular weight is 362 g/mol. The summed E-state index contributed by atoms with van der Waals surface area (Å²) in [4.78, 5) is 11.9. The molecule has 3 rings (SSSR count). The number of hydrogen-bond acceptors (Lipinski definition) is 3. The van der Waals surface area contributed by atoms with E-state index in [1.807, 2.05) is 0 Å².